The Morgan fingerprint density at radius 3 is 2.50 bits per heavy atom. The number of hydrogen-bond acceptors (Lipinski definition) is 5. The third kappa shape index (κ3) is 5.27. The molecule has 0 aliphatic carbocycles. The number of esters is 1. The number of carbonyl (C=O) groups is 2. The second-order valence-corrected chi connectivity index (χ2v) is 5.15. The highest BCUT2D eigenvalue weighted by atomic mass is 16.5. The minimum absolute atomic E-state index is 0.219. The summed E-state index contributed by atoms with van der Waals surface area (Å²) in [7, 11) is 2.92. The van der Waals surface area contributed by atoms with Crippen molar-refractivity contribution in [2.24, 2.45) is 5.92 Å². The van der Waals surface area contributed by atoms with Crippen molar-refractivity contribution in [3.05, 3.63) is 23.8 Å². The van der Waals surface area contributed by atoms with Crippen molar-refractivity contribution in [1.82, 2.24) is 5.32 Å². The van der Waals surface area contributed by atoms with E-state index in [1.54, 1.807) is 18.2 Å². The van der Waals surface area contributed by atoms with Crippen molar-refractivity contribution >= 4 is 11.9 Å². The first-order chi connectivity index (χ1) is 10.5. The third-order valence-electron chi connectivity index (χ3n) is 3.00. The lowest BCUT2D eigenvalue weighted by atomic mass is 10.1. The van der Waals surface area contributed by atoms with E-state index < -0.39 is 5.97 Å². The van der Waals surface area contributed by atoms with Gasteiger partial charge >= 0.3 is 5.97 Å². The molecule has 22 heavy (non-hydrogen) atoms. The normalized spacial score (nSPS) is 10.2. The molecule has 0 unspecified atom stereocenters. The van der Waals surface area contributed by atoms with E-state index in [0.29, 0.717) is 18.2 Å². The maximum Gasteiger partial charge on any atom is 0.342 e. The highest BCUT2D eigenvalue weighted by Crippen LogP contribution is 2.30. The van der Waals surface area contributed by atoms with E-state index in [4.69, 9.17) is 14.2 Å². The Morgan fingerprint density at radius 1 is 1.18 bits per heavy atom. The van der Waals surface area contributed by atoms with Crippen LogP contribution in [0.1, 0.15) is 30.6 Å². The van der Waals surface area contributed by atoms with Crippen LogP contribution in [0.5, 0.6) is 11.5 Å². The van der Waals surface area contributed by atoms with Gasteiger partial charge in [0.25, 0.3) is 5.91 Å². The van der Waals surface area contributed by atoms with Gasteiger partial charge in [0, 0.05) is 6.54 Å². The second kappa shape index (κ2) is 8.92. The summed E-state index contributed by atoms with van der Waals surface area (Å²) < 4.78 is 15.3. The first kappa shape index (κ1) is 17.8. The van der Waals surface area contributed by atoms with E-state index in [2.05, 4.69) is 19.2 Å². The molecule has 0 atom stereocenters. The van der Waals surface area contributed by atoms with E-state index in [9.17, 15) is 9.59 Å². The van der Waals surface area contributed by atoms with Crippen LogP contribution in [0.25, 0.3) is 0 Å². The van der Waals surface area contributed by atoms with Crippen LogP contribution in [-0.4, -0.2) is 39.2 Å². The van der Waals surface area contributed by atoms with Crippen LogP contribution in [0, 0.1) is 5.92 Å². The fourth-order valence-electron chi connectivity index (χ4n) is 1.81. The summed E-state index contributed by atoms with van der Waals surface area (Å²) in [6.07, 6.45) is 0.878. The second-order valence-electron chi connectivity index (χ2n) is 5.15. The van der Waals surface area contributed by atoms with Crippen molar-refractivity contribution in [2.75, 3.05) is 27.4 Å². The molecular formula is C16H23NO5. The molecule has 0 radical (unpaired) electrons. The van der Waals surface area contributed by atoms with Gasteiger partial charge in [0.1, 0.15) is 5.56 Å². The summed E-state index contributed by atoms with van der Waals surface area (Å²) in [4.78, 5) is 23.6. The smallest absolute Gasteiger partial charge is 0.342 e. The number of rotatable bonds is 8. The monoisotopic (exact) mass is 309 g/mol. The molecule has 0 bridgehead atoms. The van der Waals surface area contributed by atoms with Crippen LogP contribution in [0.4, 0.5) is 0 Å². The quantitative estimate of drug-likeness (QED) is 0.744. The van der Waals surface area contributed by atoms with E-state index in [0.717, 1.165) is 6.42 Å². The van der Waals surface area contributed by atoms with Crippen molar-refractivity contribution < 1.29 is 23.8 Å². The molecule has 0 fully saturated rings. The number of benzene rings is 1. The summed E-state index contributed by atoms with van der Waals surface area (Å²) in [6.45, 7) is 4.39. The van der Waals surface area contributed by atoms with Crippen LogP contribution in [0.15, 0.2) is 18.2 Å². The zero-order valence-electron chi connectivity index (χ0n) is 13.5. The number of amides is 1. The summed E-state index contributed by atoms with van der Waals surface area (Å²) in [5.74, 6) is 0.267. The van der Waals surface area contributed by atoms with Crippen molar-refractivity contribution in [1.29, 1.82) is 0 Å². The first-order valence-corrected chi connectivity index (χ1v) is 7.14. The largest absolute Gasteiger partial charge is 0.493 e. The molecule has 0 saturated heterocycles. The fourth-order valence-corrected chi connectivity index (χ4v) is 1.81. The highest BCUT2D eigenvalue weighted by Gasteiger charge is 2.18. The topological polar surface area (TPSA) is 73.9 Å². The van der Waals surface area contributed by atoms with Gasteiger partial charge in [-0.2, -0.15) is 0 Å². The molecule has 0 aromatic heterocycles. The van der Waals surface area contributed by atoms with Crippen molar-refractivity contribution in [3.8, 4) is 11.5 Å². The maximum absolute atomic E-state index is 12.0. The van der Waals surface area contributed by atoms with Gasteiger partial charge in [0.15, 0.2) is 18.1 Å². The summed E-state index contributed by atoms with van der Waals surface area (Å²) in [5.41, 5.74) is 0.219. The molecule has 1 rings (SSSR count). The lowest BCUT2D eigenvalue weighted by Gasteiger charge is -2.12. The maximum atomic E-state index is 12.0. The Kier molecular flexibility index (Phi) is 7.22. The van der Waals surface area contributed by atoms with Gasteiger partial charge in [0.05, 0.1) is 14.2 Å². The summed E-state index contributed by atoms with van der Waals surface area (Å²) in [5, 5.41) is 2.70. The molecule has 0 aliphatic rings. The predicted octanol–water partition coefficient (Wildman–Crippen LogP) is 2.02. The minimum Gasteiger partial charge on any atom is -0.493 e. The highest BCUT2D eigenvalue weighted by molar-refractivity contribution is 5.94. The van der Waals surface area contributed by atoms with Gasteiger partial charge < -0.3 is 19.5 Å². The van der Waals surface area contributed by atoms with Gasteiger partial charge in [-0.3, -0.25) is 4.79 Å². The Morgan fingerprint density at radius 2 is 1.91 bits per heavy atom. The molecule has 6 nitrogen and oxygen atoms in total. The SMILES string of the molecule is COc1cccc(C(=O)OCC(=O)NCCC(C)C)c1OC. The fraction of sp³-hybridized carbons (Fsp3) is 0.500. The van der Waals surface area contributed by atoms with E-state index in [-0.39, 0.29) is 23.8 Å². The molecule has 122 valence electrons. The summed E-state index contributed by atoms with van der Waals surface area (Å²) >= 11 is 0. The predicted molar refractivity (Wildman–Crippen MR) is 82.3 cm³/mol. The van der Waals surface area contributed by atoms with Gasteiger partial charge in [-0.15, -0.1) is 0 Å². The Bertz CT molecular complexity index is 513. The Hall–Kier alpha value is -2.24. The van der Waals surface area contributed by atoms with Gasteiger partial charge in [-0.1, -0.05) is 19.9 Å². The number of ether oxygens (including phenoxy) is 3. The van der Waals surface area contributed by atoms with Gasteiger partial charge in [-0.05, 0) is 24.5 Å². The molecular weight excluding hydrogens is 286 g/mol. The van der Waals surface area contributed by atoms with Crippen LogP contribution in [-0.2, 0) is 9.53 Å². The molecule has 1 N–H and O–H groups in total. The average molecular weight is 309 g/mol. The molecule has 1 aromatic rings. The molecule has 6 heteroatoms. The third-order valence-corrected chi connectivity index (χ3v) is 3.00. The van der Waals surface area contributed by atoms with Crippen molar-refractivity contribution in [2.45, 2.75) is 20.3 Å². The van der Waals surface area contributed by atoms with E-state index in [1.165, 1.54) is 14.2 Å². The van der Waals surface area contributed by atoms with Crippen LogP contribution < -0.4 is 14.8 Å². The minimum atomic E-state index is -0.630. The number of carbonyl (C=O) groups excluding carboxylic acids is 2. The molecule has 0 aliphatic heterocycles. The van der Waals surface area contributed by atoms with Crippen molar-refractivity contribution in [3.63, 3.8) is 0 Å². The number of methoxy groups -OCH3 is 2. The standard InChI is InChI=1S/C16H23NO5/c1-11(2)8-9-17-14(18)10-22-16(19)12-6-5-7-13(20-3)15(12)21-4/h5-7,11H,8-10H2,1-4H3,(H,17,18). The van der Waals surface area contributed by atoms with Gasteiger partial charge in [0.2, 0.25) is 0 Å². The van der Waals surface area contributed by atoms with Crippen LogP contribution >= 0.6 is 0 Å². The molecule has 0 heterocycles. The zero-order valence-corrected chi connectivity index (χ0v) is 13.5. The average Bonchev–Trinajstić information content (AvgIpc) is 2.51. The first-order valence-electron chi connectivity index (χ1n) is 7.14. The number of nitrogens with one attached hydrogen (secondary N) is 1. The van der Waals surface area contributed by atoms with E-state index in [1.807, 2.05) is 0 Å². The van der Waals surface area contributed by atoms with Crippen LogP contribution in [0.2, 0.25) is 0 Å². The van der Waals surface area contributed by atoms with E-state index >= 15 is 0 Å². The Labute approximate surface area is 130 Å². The Balaban J connectivity index is 2.57. The molecule has 0 saturated carbocycles. The van der Waals surface area contributed by atoms with Crippen LogP contribution in [0.3, 0.4) is 0 Å². The number of para-hydroxylation sites is 1. The summed E-state index contributed by atoms with van der Waals surface area (Å²) in [6, 6.07) is 4.88. The lowest BCUT2D eigenvalue weighted by Crippen LogP contribution is -2.30. The number of hydrogen-bond donors (Lipinski definition) is 1. The van der Waals surface area contributed by atoms with Gasteiger partial charge in [-0.25, -0.2) is 4.79 Å². The molecule has 1 aromatic carbocycles. The molecule has 1 amide bonds. The zero-order chi connectivity index (χ0) is 16.5. The lowest BCUT2D eigenvalue weighted by molar-refractivity contribution is -0.124. The molecule has 0 spiro atoms.